The first kappa shape index (κ1) is 20.6. The normalized spacial score (nSPS) is 35.7. The Kier molecular flexibility index (Phi) is 7.01. The van der Waals surface area contributed by atoms with Gasteiger partial charge in [-0.1, -0.05) is 26.5 Å². The number of carbonyl (C=O) groups excluding carboxylic acids is 2. The zero-order chi connectivity index (χ0) is 19.4. The average Bonchev–Trinajstić information content (AvgIpc) is 2.92. The highest BCUT2D eigenvalue weighted by Crippen LogP contribution is 2.38. The van der Waals surface area contributed by atoms with Gasteiger partial charge in [-0.25, -0.2) is 4.79 Å². The van der Waals surface area contributed by atoms with Gasteiger partial charge in [-0.3, -0.25) is 4.79 Å². The van der Waals surface area contributed by atoms with Crippen molar-refractivity contribution >= 4 is 11.9 Å². The largest absolute Gasteiger partial charge is 0.461 e. The third kappa shape index (κ3) is 4.35. The maximum absolute atomic E-state index is 12.4. The van der Waals surface area contributed by atoms with Gasteiger partial charge in [0.15, 0.2) is 0 Å². The summed E-state index contributed by atoms with van der Waals surface area (Å²) in [5.41, 5.74) is 0.911. The molecule has 0 aromatic heterocycles. The average molecular weight is 366 g/mol. The van der Waals surface area contributed by atoms with Gasteiger partial charge in [0.1, 0.15) is 18.3 Å². The van der Waals surface area contributed by atoms with Gasteiger partial charge in [-0.2, -0.15) is 0 Å². The van der Waals surface area contributed by atoms with E-state index in [-0.39, 0.29) is 30.0 Å². The molecule has 0 radical (unpaired) electrons. The van der Waals surface area contributed by atoms with Gasteiger partial charge in [0.2, 0.25) is 0 Å². The van der Waals surface area contributed by atoms with E-state index in [9.17, 15) is 19.8 Å². The predicted molar refractivity (Wildman–Crippen MR) is 96.0 cm³/mol. The van der Waals surface area contributed by atoms with Crippen molar-refractivity contribution in [3.8, 4) is 0 Å². The topological polar surface area (TPSA) is 93.1 Å². The van der Waals surface area contributed by atoms with E-state index in [0.717, 1.165) is 0 Å². The smallest absolute Gasteiger partial charge is 0.334 e. The molecule has 2 N–H and O–H groups in total. The van der Waals surface area contributed by atoms with E-state index in [4.69, 9.17) is 9.47 Å². The number of ether oxygens (including phenoxy) is 2. The Labute approximate surface area is 154 Å². The van der Waals surface area contributed by atoms with Crippen molar-refractivity contribution in [2.24, 2.45) is 17.8 Å². The van der Waals surface area contributed by atoms with Gasteiger partial charge >= 0.3 is 11.9 Å². The molecule has 1 aliphatic carbocycles. The summed E-state index contributed by atoms with van der Waals surface area (Å²) in [5.74, 6) is -1.89. The van der Waals surface area contributed by atoms with Crippen molar-refractivity contribution < 1.29 is 29.3 Å². The van der Waals surface area contributed by atoms with Crippen molar-refractivity contribution in [2.45, 2.75) is 64.8 Å². The molecule has 0 saturated carbocycles. The molecule has 0 aromatic carbocycles. The Morgan fingerprint density at radius 2 is 2.19 bits per heavy atom. The standard InChI is InChI=1S/C20H30O6/c1-5-11(2)19(23)25-15-9-14(10-21)8-6-7-12(3)17(22)18-16(15)13(4)20(24)26-18/h7,11,14-18,21-22H,4-6,8-10H2,1-3H3/b12-7-. The molecule has 26 heavy (non-hydrogen) atoms. The Hall–Kier alpha value is -1.66. The van der Waals surface area contributed by atoms with Crippen molar-refractivity contribution in [3.63, 3.8) is 0 Å². The van der Waals surface area contributed by atoms with Crippen LogP contribution in [0.3, 0.4) is 0 Å². The number of hydrogen-bond acceptors (Lipinski definition) is 6. The lowest BCUT2D eigenvalue weighted by Crippen LogP contribution is -2.42. The van der Waals surface area contributed by atoms with Crippen LogP contribution in [0.2, 0.25) is 0 Å². The molecule has 0 bridgehead atoms. The van der Waals surface area contributed by atoms with Gasteiger partial charge in [-0.15, -0.1) is 0 Å². The van der Waals surface area contributed by atoms with Crippen molar-refractivity contribution in [3.05, 3.63) is 23.8 Å². The van der Waals surface area contributed by atoms with E-state index in [2.05, 4.69) is 6.58 Å². The molecule has 1 fully saturated rings. The molecule has 6 heteroatoms. The van der Waals surface area contributed by atoms with E-state index < -0.39 is 30.2 Å². The predicted octanol–water partition coefficient (Wildman–Crippen LogP) is 2.14. The molecule has 6 atom stereocenters. The van der Waals surface area contributed by atoms with E-state index in [0.29, 0.717) is 31.3 Å². The summed E-state index contributed by atoms with van der Waals surface area (Å²) >= 11 is 0. The summed E-state index contributed by atoms with van der Waals surface area (Å²) in [7, 11) is 0. The molecular formula is C20H30O6. The molecular weight excluding hydrogens is 336 g/mol. The van der Waals surface area contributed by atoms with Crippen LogP contribution in [0.25, 0.3) is 0 Å². The summed E-state index contributed by atoms with van der Waals surface area (Å²) < 4.78 is 11.1. The molecule has 6 unspecified atom stereocenters. The summed E-state index contributed by atoms with van der Waals surface area (Å²) in [6, 6.07) is 0. The second kappa shape index (κ2) is 8.82. The maximum atomic E-state index is 12.4. The minimum absolute atomic E-state index is 0.0362. The molecule has 1 heterocycles. The van der Waals surface area contributed by atoms with Gasteiger partial charge in [0.05, 0.1) is 11.8 Å². The third-order valence-corrected chi connectivity index (χ3v) is 5.59. The molecule has 0 aromatic rings. The molecule has 0 spiro atoms. The highest BCUT2D eigenvalue weighted by molar-refractivity contribution is 5.91. The van der Waals surface area contributed by atoms with Crippen LogP contribution in [0.1, 0.15) is 46.5 Å². The lowest BCUT2D eigenvalue weighted by Gasteiger charge is -2.33. The van der Waals surface area contributed by atoms with Crippen LogP contribution >= 0.6 is 0 Å². The summed E-state index contributed by atoms with van der Waals surface area (Å²) in [5, 5.41) is 20.4. The van der Waals surface area contributed by atoms with Gasteiger partial charge in [-0.05, 0) is 44.1 Å². The van der Waals surface area contributed by atoms with Crippen LogP contribution in [0, 0.1) is 17.8 Å². The second-order valence-corrected chi connectivity index (χ2v) is 7.46. The highest BCUT2D eigenvalue weighted by atomic mass is 16.6. The SMILES string of the molecule is C=C1C(=O)OC2C(O)/C(C)=C\CCC(CO)CC(OC(=O)C(C)CC)C12. The number of allylic oxidation sites excluding steroid dienone is 1. The Bertz CT molecular complexity index is 581. The maximum Gasteiger partial charge on any atom is 0.334 e. The molecule has 146 valence electrons. The minimum atomic E-state index is -0.973. The summed E-state index contributed by atoms with van der Waals surface area (Å²) in [6.45, 7) is 9.26. The van der Waals surface area contributed by atoms with Crippen molar-refractivity contribution in [1.29, 1.82) is 0 Å². The highest BCUT2D eigenvalue weighted by Gasteiger charge is 2.49. The lowest BCUT2D eigenvalue weighted by molar-refractivity contribution is -0.160. The number of hydrogen-bond donors (Lipinski definition) is 2. The van der Waals surface area contributed by atoms with Crippen LogP contribution in [-0.4, -0.2) is 47.1 Å². The summed E-state index contributed by atoms with van der Waals surface area (Å²) in [6.07, 6.45) is 1.86. The van der Waals surface area contributed by atoms with Crippen LogP contribution in [-0.2, 0) is 19.1 Å². The Morgan fingerprint density at radius 3 is 2.81 bits per heavy atom. The fraction of sp³-hybridized carbons (Fsp3) is 0.700. The minimum Gasteiger partial charge on any atom is -0.461 e. The molecule has 6 nitrogen and oxygen atoms in total. The van der Waals surface area contributed by atoms with Crippen LogP contribution < -0.4 is 0 Å². The van der Waals surface area contributed by atoms with Crippen molar-refractivity contribution in [2.75, 3.05) is 6.61 Å². The van der Waals surface area contributed by atoms with Crippen LogP contribution in [0.15, 0.2) is 23.8 Å². The first-order chi connectivity index (χ1) is 12.3. The van der Waals surface area contributed by atoms with Crippen LogP contribution in [0.4, 0.5) is 0 Å². The van der Waals surface area contributed by atoms with Crippen LogP contribution in [0.5, 0.6) is 0 Å². The van der Waals surface area contributed by atoms with E-state index in [1.807, 2.05) is 13.0 Å². The first-order valence-corrected chi connectivity index (χ1v) is 9.35. The van der Waals surface area contributed by atoms with Crippen molar-refractivity contribution in [1.82, 2.24) is 0 Å². The molecule has 0 amide bonds. The zero-order valence-electron chi connectivity index (χ0n) is 15.8. The number of aliphatic hydroxyl groups is 2. The molecule has 1 aliphatic heterocycles. The first-order valence-electron chi connectivity index (χ1n) is 9.35. The number of rotatable bonds is 4. The van der Waals surface area contributed by atoms with Gasteiger partial charge in [0.25, 0.3) is 0 Å². The monoisotopic (exact) mass is 366 g/mol. The number of esters is 2. The fourth-order valence-corrected chi connectivity index (χ4v) is 3.54. The number of aliphatic hydroxyl groups excluding tert-OH is 2. The van der Waals surface area contributed by atoms with Gasteiger partial charge in [0, 0.05) is 12.2 Å². The Balaban J connectivity index is 2.39. The molecule has 2 rings (SSSR count). The lowest BCUT2D eigenvalue weighted by atomic mass is 9.80. The van der Waals surface area contributed by atoms with E-state index in [1.54, 1.807) is 13.8 Å². The van der Waals surface area contributed by atoms with Gasteiger partial charge < -0.3 is 19.7 Å². The Morgan fingerprint density at radius 1 is 1.50 bits per heavy atom. The number of carbonyl (C=O) groups is 2. The molecule has 2 aliphatic rings. The van der Waals surface area contributed by atoms with E-state index in [1.165, 1.54) is 0 Å². The molecule has 1 saturated heterocycles. The second-order valence-electron chi connectivity index (χ2n) is 7.46. The fourth-order valence-electron chi connectivity index (χ4n) is 3.54. The third-order valence-electron chi connectivity index (χ3n) is 5.59. The number of fused-ring (bicyclic) bond motifs is 1. The quantitative estimate of drug-likeness (QED) is 0.450. The summed E-state index contributed by atoms with van der Waals surface area (Å²) in [4.78, 5) is 24.5. The zero-order valence-corrected chi connectivity index (χ0v) is 15.8. The van der Waals surface area contributed by atoms with E-state index >= 15 is 0 Å².